The molecule has 63 heavy (non-hydrogen) atoms. The van der Waals surface area contributed by atoms with Crippen molar-refractivity contribution in [1.82, 2.24) is 24.1 Å². The van der Waals surface area contributed by atoms with Gasteiger partial charge in [-0.05, 0) is 77.9 Å². The molecular formula is C57H35N5O. The number of rotatable bonds is 6. The lowest BCUT2D eigenvalue weighted by atomic mass is 9.98. The van der Waals surface area contributed by atoms with Crippen molar-refractivity contribution in [2.75, 3.05) is 0 Å². The molecule has 0 aliphatic heterocycles. The maximum Gasteiger partial charge on any atom is 0.164 e. The van der Waals surface area contributed by atoms with E-state index < -0.39 is 0 Å². The van der Waals surface area contributed by atoms with Crippen LogP contribution in [0.4, 0.5) is 0 Å². The van der Waals surface area contributed by atoms with Crippen LogP contribution in [-0.4, -0.2) is 24.1 Å². The topological polar surface area (TPSA) is 61.7 Å². The van der Waals surface area contributed by atoms with Crippen LogP contribution in [0.25, 0.3) is 122 Å². The van der Waals surface area contributed by atoms with Crippen LogP contribution in [0.1, 0.15) is 0 Å². The van der Waals surface area contributed by atoms with Crippen LogP contribution in [0, 0.1) is 0 Å². The van der Waals surface area contributed by atoms with Crippen molar-refractivity contribution in [2.24, 2.45) is 0 Å². The minimum absolute atomic E-state index is 0.629. The van der Waals surface area contributed by atoms with Gasteiger partial charge in [0.25, 0.3) is 0 Å². The van der Waals surface area contributed by atoms with E-state index in [1.165, 1.54) is 27.1 Å². The van der Waals surface area contributed by atoms with Gasteiger partial charge < -0.3 is 13.6 Å². The zero-order valence-corrected chi connectivity index (χ0v) is 33.9. The Morgan fingerprint density at radius 2 is 0.857 bits per heavy atom. The molecule has 9 aromatic carbocycles. The average molecular weight is 806 g/mol. The highest BCUT2D eigenvalue weighted by Gasteiger charge is 2.21. The van der Waals surface area contributed by atoms with Gasteiger partial charge in [-0.25, -0.2) is 15.0 Å². The van der Waals surface area contributed by atoms with Crippen LogP contribution in [0.15, 0.2) is 217 Å². The van der Waals surface area contributed by atoms with Crippen molar-refractivity contribution in [3.8, 4) is 56.7 Å². The molecule has 294 valence electrons. The molecule has 13 rings (SSSR count). The molecule has 0 fully saturated rings. The van der Waals surface area contributed by atoms with Crippen molar-refractivity contribution in [3.05, 3.63) is 212 Å². The zero-order valence-electron chi connectivity index (χ0n) is 33.9. The normalized spacial score (nSPS) is 11.8. The zero-order chi connectivity index (χ0) is 41.4. The predicted octanol–water partition coefficient (Wildman–Crippen LogP) is 14.6. The van der Waals surface area contributed by atoms with E-state index in [9.17, 15) is 0 Å². The fraction of sp³-hybridized carbons (Fsp3) is 0. The van der Waals surface area contributed by atoms with Crippen LogP contribution in [0.3, 0.4) is 0 Å². The van der Waals surface area contributed by atoms with E-state index in [0.717, 1.165) is 77.6 Å². The number of aromatic nitrogens is 5. The molecule has 0 N–H and O–H groups in total. The van der Waals surface area contributed by atoms with Crippen LogP contribution in [-0.2, 0) is 0 Å². The molecule has 0 aliphatic carbocycles. The standard InChI is InChI=1S/C57H35N5O/c1-3-15-36(16-4-1)55-58-56(37-17-5-2-6-18-37)60-57(59-55)38-29-32-40(33-30-38)61-48-25-11-8-21-45(48)53-41(22-13-26-50(53)61)39-31-34-49-46(35-39)42-19-7-10-24-47(42)62(49)51-27-14-23-44-43-20-9-12-28-52(43)63-54(44)51/h1-35H. The summed E-state index contributed by atoms with van der Waals surface area (Å²) in [6, 6.07) is 74.5. The Balaban J connectivity index is 0.949. The lowest BCUT2D eigenvalue weighted by Gasteiger charge is -2.11. The molecule has 6 nitrogen and oxygen atoms in total. The summed E-state index contributed by atoms with van der Waals surface area (Å²) in [7, 11) is 0. The van der Waals surface area contributed by atoms with Gasteiger partial charge in [0.1, 0.15) is 5.58 Å². The highest BCUT2D eigenvalue weighted by atomic mass is 16.3. The van der Waals surface area contributed by atoms with E-state index in [4.69, 9.17) is 19.4 Å². The summed E-state index contributed by atoms with van der Waals surface area (Å²) in [5.41, 5.74) is 13.6. The van der Waals surface area contributed by atoms with E-state index in [0.29, 0.717) is 17.5 Å². The summed E-state index contributed by atoms with van der Waals surface area (Å²) < 4.78 is 11.3. The molecule has 0 saturated heterocycles. The fourth-order valence-electron chi connectivity index (χ4n) is 9.54. The minimum atomic E-state index is 0.629. The van der Waals surface area contributed by atoms with E-state index >= 15 is 0 Å². The molecule has 0 spiro atoms. The van der Waals surface area contributed by atoms with Gasteiger partial charge in [-0.1, -0.05) is 146 Å². The molecule has 0 saturated carbocycles. The van der Waals surface area contributed by atoms with Gasteiger partial charge in [-0.3, -0.25) is 0 Å². The molecule has 4 heterocycles. The number of hydrogen-bond acceptors (Lipinski definition) is 4. The first kappa shape index (κ1) is 35.2. The van der Waals surface area contributed by atoms with Gasteiger partial charge in [0.2, 0.25) is 0 Å². The number of nitrogens with zero attached hydrogens (tertiary/aromatic N) is 5. The molecule has 6 heteroatoms. The van der Waals surface area contributed by atoms with Crippen LogP contribution < -0.4 is 0 Å². The second-order valence-corrected chi connectivity index (χ2v) is 16.0. The Labute approximate surface area is 361 Å². The maximum absolute atomic E-state index is 6.57. The third kappa shape index (κ3) is 5.55. The largest absolute Gasteiger partial charge is 0.454 e. The molecule has 0 atom stereocenters. The van der Waals surface area contributed by atoms with E-state index in [2.05, 4.69) is 149 Å². The highest BCUT2D eigenvalue weighted by Crippen LogP contribution is 2.42. The monoisotopic (exact) mass is 805 g/mol. The van der Waals surface area contributed by atoms with E-state index in [1.54, 1.807) is 0 Å². The molecule has 0 unspecified atom stereocenters. The molecule has 13 aromatic rings. The summed E-state index contributed by atoms with van der Waals surface area (Å²) in [6.07, 6.45) is 0. The van der Waals surface area contributed by atoms with E-state index in [1.807, 2.05) is 72.8 Å². The lowest BCUT2D eigenvalue weighted by molar-refractivity contribution is 0.666. The van der Waals surface area contributed by atoms with Crippen molar-refractivity contribution in [3.63, 3.8) is 0 Å². The van der Waals surface area contributed by atoms with Gasteiger partial charge in [0, 0.05) is 54.7 Å². The van der Waals surface area contributed by atoms with E-state index in [-0.39, 0.29) is 0 Å². The van der Waals surface area contributed by atoms with Crippen molar-refractivity contribution < 1.29 is 4.42 Å². The number of fused-ring (bicyclic) bond motifs is 9. The molecule has 4 aromatic heterocycles. The van der Waals surface area contributed by atoms with Crippen molar-refractivity contribution in [2.45, 2.75) is 0 Å². The van der Waals surface area contributed by atoms with Crippen LogP contribution >= 0.6 is 0 Å². The van der Waals surface area contributed by atoms with Gasteiger partial charge >= 0.3 is 0 Å². The Kier molecular flexibility index (Phi) is 7.80. The Hall–Kier alpha value is -8.61. The third-order valence-corrected chi connectivity index (χ3v) is 12.4. The smallest absolute Gasteiger partial charge is 0.164 e. The first-order valence-corrected chi connectivity index (χ1v) is 21.2. The lowest BCUT2D eigenvalue weighted by Crippen LogP contribution is -2.00. The molecule has 0 radical (unpaired) electrons. The molecular weight excluding hydrogens is 771 g/mol. The maximum atomic E-state index is 6.57. The van der Waals surface area contributed by atoms with Gasteiger partial charge in [-0.2, -0.15) is 0 Å². The summed E-state index contributed by atoms with van der Waals surface area (Å²) in [5.74, 6) is 1.92. The summed E-state index contributed by atoms with van der Waals surface area (Å²) in [5, 5.41) is 7.04. The number of furan rings is 1. The first-order valence-electron chi connectivity index (χ1n) is 21.2. The Bertz CT molecular complexity index is 3840. The Morgan fingerprint density at radius 1 is 0.333 bits per heavy atom. The molecule has 0 aliphatic rings. The second kappa shape index (κ2) is 14.0. The highest BCUT2D eigenvalue weighted by molar-refractivity contribution is 6.18. The summed E-state index contributed by atoms with van der Waals surface area (Å²) in [4.78, 5) is 14.9. The molecule has 0 bridgehead atoms. The quantitative estimate of drug-likeness (QED) is 0.168. The van der Waals surface area contributed by atoms with Gasteiger partial charge in [0.05, 0.1) is 27.8 Å². The van der Waals surface area contributed by atoms with Crippen LogP contribution in [0.2, 0.25) is 0 Å². The third-order valence-electron chi connectivity index (χ3n) is 12.4. The Morgan fingerprint density at radius 3 is 1.57 bits per heavy atom. The fourth-order valence-corrected chi connectivity index (χ4v) is 9.54. The second-order valence-electron chi connectivity index (χ2n) is 16.0. The number of para-hydroxylation sites is 4. The first-order chi connectivity index (χ1) is 31.2. The van der Waals surface area contributed by atoms with Crippen molar-refractivity contribution >= 4 is 65.6 Å². The minimum Gasteiger partial charge on any atom is -0.454 e. The average Bonchev–Trinajstić information content (AvgIpc) is 4.02. The predicted molar refractivity (Wildman–Crippen MR) is 258 cm³/mol. The number of benzene rings is 9. The number of hydrogen-bond donors (Lipinski definition) is 0. The SMILES string of the molecule is c1ccc(-c2nc(-c3ccccc3)nc(-c3ccc(-n4c5ccccc5c5c(-c6ccc7c(c6)c6ccccc6n7-c6cccc7c6oc6ccccc67)cccc54)cc3)n2)cc1. The summed E-state index contributed by atoms with van der Waals surface area (Å²) >= 11 is 0. The molecule has 0 amide bonds. The summed E-state index contributed by atoms with van der Waals surface area (Å²) in [6.45, 7) is 0. The van der Waals surface area contributed by atoms with Gasteiger partial charge in [-0.15, -0.1) is 0 Å². The van der Waals surface area contributed by atoms with Crippen molar-refractivity contribution in [1.29, 1.82) is 0 Å². The van der Waals surface area contributed by atoms with Crippen LogP contribution in [0.5, 0.6) is 0 Å². The van der Waals surface area contributed by atoms with Gasteiger partial charge in [0.15, 0.2) is 23.1 Å².